The highest BCUT2D eigenvalue weighted by Gasteiger charge is 2.09. The third-order valence-electron chi connectivity index (χ3n) is 2.41. The Labute approximate surface area is 101 Å². The van der Waals surface area contributed by atoms with E-state index in [1.165, 1.54) is 0 Å². The molecule has 0 radical (unpaired) electrons. The van der Waals surface area contributed by atoms with E-state index in [1.54, 1.807) is 7.11 Å². The number of hydrogen-bond donors (Lipinski definition) is 3. The van der Waals surface area contributed by atoms with Gasteiger partial charge >= 0.3 is 5.97 Å². The lowest BCUT2D eigenvalue weighted by Gasteiger charge is -2.08. The molecule has 1 atom stereocenters. The lowest BCUT2D eigenvalue weighted by Crippen LogP contribution is -2.40. The second-order valence-electron chi connectivity index (χ2n) is 3.75. The SMILES string of the molecule is COc1cccc(CCNCC(N)C(=O)O)c1. The van der Waals surface area contributed by atoms with Crippen LogP contribution in [0.15, 0.2) is 24.3 Å². The predicted octanol–water partition coefficient (Wildman–Crippen LogP) is 0.239. The van der Waals surface area contributed by atoms with Crippen LogP contribution in [0.2, 0.25) is 0 Å². The van der Waals surface area contributed by atoms with Gasteiger partial charge in [0, 0.05) is 6.54 Å². The smallest absolute Gasteiger partial charge is 0.321 e. The average Bonchev–Trinajstić information content (AvgIpc) is 2.34. The zero-order valence-corrected chi connectivity index (χ0v) is 9.85. The van der Waals surface area contributed by atoms with Gasteiger partial charge in [0.15, 0.2) is 0 Å². The van der Waals surface area contributed by atoms with Crippen molar-refractivity contribution in [2.45, 2.75) is 12.5 Å². The Kier molecular flexibility index (Phi) is 5.45. The molecular weight excluding hydrogens is 220 g/mol. The maximum Gasteiger partial charge on any atom is 0.321 e. The summed E-state index contributed by atoms with van der Waals surface area (Å²) < 4.78 is 5.11. The summed E-state index contributed by atoms with van der Waals surface area (Å²) in [7, 11) is 1.63. The summed E-state index contributed by atoms with van der Waals surface area (Å²) in [5, 5.41) is 11.6. The molecule has 5 nitrogen and oxygen atoms in total. The molecule has 0 aliphatic rings. The van der Waals surface area contributed by atoms with E-state index < -0.39 is 12.0 Å². The zero-order valence-electron chi connectivity index (χ0n) is 9.85. The third-order valence-corrected chi connectivity index (χ3v) is 2.41. The fourth-order valence-corrected chi connectivity index (χ4v) is 1.41. The van der Waals surface area contributed by atoms with Gasteiger partial charge in [0.2, 0.25) is 0 Å². The van der Waals surface area contributed by atoms with Crippen LogP contribution in [0, 0.1) is 0 Å². The standard InChI is InChI=1S/C12H18N2O3/c1-17-10-4-2-3-9(7-10)5-6-14-8-11(13)12(15)16/h2-4,7,11,14H,5-6,8,13H2,1H3,(H,15,16). The van der Waals surface area contributed by atoms with Crippen LogP contribution in [0.4, 0.5) is 0 Å². The molecule has 0 aliphatic carbocycles. The summed E-state index contributed by atoms with van der Waals surface area (Å²) in [6.07, 6.45) is 0.809. The van der Waals surface area contributed by atoms with Gasteiger partial charge in [-0.2, -0.15) is 0 Å². The first-order valence-corrected chi connectivity index (χ1v) is 5.45. The van der Waals surface area contributed by atoms with Gasteiger partial charge in [-0.1, -0.05) is 12.1 Å². The largest absolute Gasteiger partial charge is 0.497 e. The number of nitrogens with one attached hydrogen (secondary N) is 1. The minimum atomic E-state index is -0.987. The van der Waals surface area contributed by atoms with Gasteiger partial charge in [0.25, 0.3) is 0 Å². The zero-order chi connectivity index (χ0) is 12.7. The van der Waals surface area contributed by atoms with Gasteiger partial charge in [0.05, 0.1) is 7.11 Å². The fourth-order valence-electron chi connectivity index (χ4n) is 1.41. The maximum absolute atomic E-state index is 10.5. The summed E-state index contributed by atoms with van der Waals surface area (Å²) in [4.78, 5) is 10.5. The second kappa shape index (κ2) is 6.88. The Morgan fingerprint density at radius 3 is 3.00 bits per heavy atom. The number of benzene rings is 1. The van der Waals surface area contributed by atoms with Gasteiger partial charge in [-0.25, -0.2) is 0 Å². The molecule has 0 saturated carbocycles. The van der Waals surface area contributed by atoms with Gasteiger partial charge in [-0.05, 0) is 30.7 Å². The van der Waals surface area contributed by atoms with Crippen LogP contribution in [0.25, 0.3) is 0 Å². The molecule has 5 heteroatoms. The molecule has 0 amide bonds. The summed E-state index contributed by atoms with van der Waals surface area (Å²) in [6, 6.07) is 6.93. The molecule has 94 valence electrons. The Balaban J connectivity index is 2.28. The number of hydrogen-bond acceptors (Lipinski definition) is 4. The van der Waals surface area contributed by atoms with Crippen molar-refractivity contribution in [1.82, 2.24) is 5.32 Å². The highest BCUT2D eigenvalue weighted by molar-refractivity contribution is 5.73. The molecule has 17 heavy (non-hydrogen) atoms. The molecule has 1 aromatic carbocycles. The van der Waals surface area contributed by atoms with Crippen molar-refractivity contribution >= 4 is 5.97 Å². The normalized spacial score (nSPS) is 12.1. The first-order valence-electron chi connectivity index (χ1n) is 5.45. The molecule has 1 rings (SSSR count). The van der Waals surface area contributed by atoms with Crippen molar-refractivity contribution in [3.63, 3.8) is 0 Å². The summed E-state index contributed by atoms with van der Waals surface area (Å²) in [5.41, 5.74) is 6.50. The van der Waals surface area contributed by atoms with Gasteiger partial charge in [-0.3, -0.25) is 4.79 Å². The Morgan fingerprint density at radius 1 is 1.59 bits per heavy atom. The van der Waals surface area contributed by atoms with Crippen molar-refractivity contribution in [3.05, 3.63) is 29.8 Å². The van der Waals surface area contributed by atoms with Crippen molar-refractivity contribution in [3.8, 4) is 5.75 Å². The minimum absolute atomic E-state index is 0.277. The second-order valence-corrected chi connectivity index (χ2v) is 3.75. The Bertz CT molecular complexity index is 369. The minimum Gasteiger partial charge on any atom is -0.497 e. The van der Waals surface area contributed by atoms with E-state index >= 15 is 0 Å². The average molecular weight is 238 g/mol. The van der Waals surface area contributed by atoms with Crippen molar-refractivity contribution < 1.29 is 14.6 Å². The van der Waals surface area contributed by atoms with E-state index in [1.807, 2.05) is 24.3 Å². The first-order chi connectivity index (χ1) is 8.13. The molecule has 0 spiro atoms. The van der Waals surface area contributed by atoms with E-state index in [0.717, 1.165) is 17.7 Å². The number of carboxylic acids is 1. The molecule has 0 bridgehead atoms. The number of methoxy groups -OCH3 is 1. The summed E-state index contributed by atoms with van der Waals surface area (Å²) in [6.45, 7) is 0.966. The van der Waals surface area contributed by atoms with E-state index in [2.05, 4.69) is 5.32 Å². The number of rotatable bonds is 7. The Hall–Kier alpha value is -1.59. The van der Waals surface area contributed by atoms with Crippen LogP contribution in [0.1, 0.15) is 5.56 Å². The topological polar surface area (TPSA) is 84.6 Å². The number of ether oxygens (including phenoxy) is 1. The van der Waals surface area contributed by atoms with Crippen molar-refractivity contribution in [2.24, 2.45) is 5.73 Å². The predicted molar refractivity (Wildman–Crippen MR) is 65.2 cm³/mol. The van der Waals surface area contributed by atoms with Crippen LogP contribution in [-0.2, 0) is 11.2 Å². The number of carbonyl (C=O) groups is 1. The third kappa shape index (κ3) is 4.84. The van der Waals surface area contributed by atoms with Gasteiger partial charge < -0.3 is 20.9 Å². The maximum atomic E-state index is 10.5. The molecule has 0 saturated heterocycles. The van der Waals surface area contributed by atoms with Crippen LogP contribution < -0.4 is 15.8 Å². The molecule has 0 aromatic heterocycles. The molecule has 0 fully saturated rings. The van der Waals surface area contributed by atoms with Gasteiger partial charge in [-0.15, -0.1) is 0 Å². The monoisotopic (exact) mass is 238 g/mol. The highest BCUT2D eigenvalue weighted by atomic mass is 16.5. The van der Waals surface area contributed by atoms with Crippen LogP contribution in [0.3, 0.4) is 0 Å². The molecular formula is C12H18N2O3. The molecule has 0 aliphatic heterocycles. The number of carboxylic acid groups (broad SMARTS) is 1. The molecule has 1 unspecified atom stereocenters. The van der Waals surface area contributed by atoms with Crippen LogP contribution in [-0.4, -0.2) is 37.3 Å². The lowest BCUT2D eigenvalue weighted by atomic mass is 10.1. The number of aliphatic carboxylic acids is 1. The van der Waals surface area contributed by atoms with Gasteiger partial charge in [0.1, 0.15) is 11.8 Å². The fraction of sp³-hybridized carbons (Fsp3) is 0.417. The highest BCUT2D eigenvalue weighted by Crippen LogP contribution is 2.12. The van der Waals surface area contributed by atoms with Crippen molar-refractivity contribution in [2.75, 3.05) is 20.2 Å². The van der Waals surface area contributed by atoms with Crippen molar-refractivity contribution in [1.29, 1.82) is 0 Å². The number of nitrogens with two attached hydrogens (primary N) is 1. The van der Waals surface area contributed by atoms with E-state index in [9.17, 15) is 4.79 Å². The van der Waals surface area contributed by atoms with E-state index in [4.69, 9.17) is 15.6 Å². The van der Waals surface area contributed by atoms with Crippen LogP contribution >= 0.6 is 0 Å². The van der Waals surface area contributed by atoms with E-state index in [0.29, 0.717) is 6.54 Å². The molecule has 4 N–H and O–H groups in total. The summed E-state index contributed by atoms with van der Waals surface area (Å²) in [5.74, 6) is -0.163. The first kappa shape index (κ1) is 13.5. The molecule has 1 aromatic rings. The Morgan fingerprint density at radius 2 is 2.35 bits per heavy atom. The lowest BCUT2D eigenvalue weighted by molar-refractivity contribution is -0.138. The molecule has 0 heterocycles. The van der Waals surface area contributed by atoms with Crippen LogP contribution in [0.5, 0.6) is 5.75 Å². The quantitative estimate of drug-likeness (QED) is 0.592. The summed E-state index contributed by atoms with van der Waals surface area (Å²) >= 11 is 0. The van der Waals surface area contributed by atoms with E-state index in [-0.39, 0.29) is 6.54 Å².